The Hall–Kier alpha value is -1.43. The topological polar surface area (TPSA) is 65.5 Å². The van der Waals surface area contributed by atoms with Crippen LogP contribution in [0.2, 0.25) is 0 Å². The lowest BCUT2D eigenvalue weighted by Crippen LogP contribution is -2.31. The Balaban J connectivity index is 3.06. The fourth-order valence-electron chi connectivity index (χ4n) is 1.45. The highest BCUT2D eigenvalue weighted by molar-refractivity contribution is 7.14. The zero-order chi connectivity index (χ0) is 14.6. The average molecular weight is 285 g/mol. The van der Waals surface area contributed by atoms with Crippen LogP contribution in [-0.4, -0.2) is 30.1 Å². The van der Waals surface area contributed by atoms with Crippen molar-refractivity contribution in [1.82, 2.24) is 4.98 Å². The Kier molecular flexibility index (Phi) is 5.05. The predicted molar refractivity (Wildman–Crippen MR) is 72.5 cm³/mol. The van der Waals surface area contributed by atoms with Crippen molar-refractivity contribution in [2.24, 2.45) is 0 Å². The van der Waals surface area contributed by atoms with Crippen molar-refractivity contribution in [1.29, 1.82) is 0 Å². The SMILES string of the molecule is CCOC(=O)c1sc(C(C)(C)C(=O)OCC)nc1C. The zero-order valence-electron chi connectivity index (χ0n) is 11.9. The van der Waals surface area contributed by atoms with Crippen LogP contribution in [0.5, 0.6) is 0 Å². The molecule has 1 rings (SSSR count). The second kappa shape index (κ2) is 6.14. The Morgan fingerprint density at radius 1 is 1.21 bits per heavy atom. The first-order chi connectivity index (χ1) is 8.84. The van der Waals surface area contributed by atoms with Crippen molar-refractivity contribution in [2.45, 2.75) is 40.0 Å². The molecular weight excluding hydrogens is 266 g/mol. The van der Waals surface area contributed by atoms with Gasteiger partial charge in [0.15, 0.2) is 0 Å². The van der Waals surface area contributed by atoms with Crippen LogP contribution in [-0.2, 0) is 19.7 Å². The van der Waals surface area contributed by atoms with E-state index in [2.05, 4.69) is 4.98 Å². The van der Waals surface area contributed by atoms with Crippen molar-refractivity contribution in [3.63, 3.8) is 0 Å². The second-order valence-corrected chi connectivity index (χ2v) is 5.50. The lowest BCUT2D eigenvalue weighted by molar-refractivity contribution is -0.148. The molecule has 0 aromatic carbocycles. The molecule has 19 heavy (non-hydrogen) atoms. The van der Waals surface area contributed by atoms with Gasteiger partial charge in [-0.3, -0.25) is 4.79 Å². The fraction of sp³-hybridized carbons (Fsp3) is 0.615. The van der Waals surface area contributed by atoms with Crippen molar-refractivity contribution < 1.29 is 19.1 Å². The van der Waals surface area contributed by atoms with E-state index in [0.717, 1.165) is 0 Å². The van der Waals surface area contributed by atoms with E-state index in [-0.39, 0.29) is 5.97 Å². The van der Waals surface area contributed by atoms with Gasteiger partial charge in [-0.2, -0.15) is 0 Å². The average Bonchev–Trinajstić information content (AvgIpc) is 2.72. The van der Waals surface area contributed by atoms with Gasteiger partial charge in [-0.25, -0.2) is 9.78 Å². The summed E-state index contributed by atoms with van der Waals surface area (Å²) in [7, 11) is 0. The summed E-state index contributed by atoms with van der Waals surface area (Å²) in [6.45, 7) is 9.33. The molecule has 0 saturated heterocycles. The summed E-state index contributed by atoms with van der Waals surface area (Å²) in [5.41, 5.74) is -0.285. The van der Waals surface area contributed by atoms with Crippen molar-refractivity contribution in [2.75, 3.05) is 13.2 Å². The summed E-state index contributed by atoms with van der Waals surface area (Å²) in [6, 6.07) is 0. The maximum Gasteiger partial charge on any atom is 0.350 e. The van der Waals surface area contributed by atoms with Gasteiger partial charge in [0.05, 0.1) is 18.9 Å². The molecule has 0 saturated carbocycles. The second-order valence-electron chi connectivity index (χ2n) is 4.50. The number of carbonyl (C=O) groups is 2. The van der Waals surface area contributed by atoms with Crippen LogP contribution >= 0.6 is 11.3 Å². The van der Waals surface area contributed by atoms with Gasteiger partial charge in [0.1, 0.15) is 15.3 Å². The molecule has 0 bridgehead atoms. The van der Waals surface area contributed by atoms with E-state index in [0.29, 0.717) is 28.8 Å². The molecular formula is C13H19NO4S. The van der Waals surface area contributed by atoms with Gasteiger partial charge in [-0.1, -0.05) is 0 Å². The number of thiazole rings is 1. The van der Waals surface area contributed by atoms with E-state index in [9.17, 15) is 9.59 Å². The molecule has 0 spiro atoms. The minimum absolute atomic E-state index is 0.312. The fourth-order valence-corrected chi connectivity index (χ4v) is 2.50. The van der Waals surface area contributed by atoms with E-state index in [4.69, 9.17) is 9.47 Å². The van der Waals surface area contributed by atoms with Crippen molar-refractivity contribution >= 4 is 23.3 Å². The Bertz CT molecular complexity index is 479. The van der Waals surface area contributed by atoms with Gasteiger partial charge in [-0.15, -0.1) is 11.3 Å². The molecule has 1 aromatic heterocycles. The lowest BCUT2D eigenvalue weighted by Gasteiger charge is -2.19. The number of aromatic nitrogens is 1. The van der Waals surface area contributed by atoms with Gasteiger partial charge in [0.2, 0.25) is 0 Å². The third-order valence-electron chi connectivity index (χ3n) is 2.58. The van der Waals surface area contributed by atoms with Gasteiger partial charge in [0.25, 0.3) is 0 Å². The minimum Gasteiger partial charge on any atom is -0.465 e. The Morgan fingerprint density at radius 2 is 1.79 bits per heavy atom. The third-order valence-corrected chi connectivity index (χ3v) is 4.04. The van der Waals surface area contributed by atoms with Crippen LogP contribution < -0.4 is 0 Å². The predicted octanol–water partition coefficient (Wildman–Crippen LogP) is 2.47. The summed E-state index contributed by atoms with van der Waals surface area (Å²) in [6.07, 6.45) is 0. The highest BCUT2D eigenvalue weighted by Crippen LogP contribution is 2.31. The number of ether oxygens (including phenoxy) is 2. The van der Waals surface area contributed by atoms with E-state index in [1.807, 2.05) is 0 Å². The third kappa shape index (κ3) is 3.32. The maximum absolute atomic E-state index is 11.9. The summed E-state index contributed by atoms with van der Waals surface area (Å²) in [4.78, 5) is 28.4. The molecule has 1 heterocycles. The summed E-state index contributed by atoms with van der Waals surface area (Å²) < 4.78 is 9.99. The number of hydrogen-bond acceptors (Lipinski definition) is 6. The first-order valence-corrected chi connectivity index (χ1v) is 6.98. The molecule has 0 unspecified atom stereocenters. The number of hydrogen-bond donors (Lipinski definition) is 0. The molecule has 0 aliphatic rings. The summed E-state index contributed by atoms with van der Waals surface area (Å²) >= 11 is 1.18. The molecule has 0 amide bonds. The smallest absolute Gasteiger partial charge is 0.350 e. The Morgan fingerprint density at radius 3 is 2.32 bits per heavy atom. The van der Waals surface area contributed by atoms with Gasteiger partial charge < -0.3 is 9.47 Å². The van der Waals surface area contributed by atoms with Crippen LogP contribution in [0.3, 0.4) is 0 Å². The molecule has 0 aliphatic heterocycles. The first kappa shape index (κ1) is 15.6. The molecule has 0 N–H and O–H groups in total. The van der Waals surface area contributed by atoms with E-state index >= 15 is 0 Å². The molecule has 1 aromatic rings. The normalized spacial score (nSPS) is 11.2. The van der Waals surface area contributed by atoms with Crippen LogP contribution in [0.25, 0.3) is 0 Å². The summed E-state index contributed by atoms with van der Waals surface area (Å²) in [5, 5.41) is 0.562. The van der Waals surface area contributed by atoms with E-state index in [1.165, 1.54) is 11.3 Å². The largest absolute Gasteiger partial charge is 0.465 e. The number of aryl methyl sites for hydroxylation is 1. The quantitative estimate of drug-likeness (QED) is 0.778. The first-order valence-electron chi connectivity index (χ1n) is 6.16. The highest BCUT2D eigenvalue weighted by atomic mass is 32.1. The lowest BCUT2D eigenvalue weighted by atomic mass is 9.95. The van der Waals surface area contributed by atoms with Crippen LogP contribution in [0.4, 0.5) is 0 Å². The standard InChI is InChI=1S/C13H19NO4S/c1-6-17-10(15)9-8(3)14-11(19-9)13(4,5)12(16)18-7-2/h6-7H2,1-5H3. The molecule has 5 nitrogen and oxygen atoms in total. The number of rotatable bonds is 5. The monoisotopic (exact) mass is 285 g/mol. The van der Waals surface area contributed by atoms with Crippen LogP contribution in [0.15, 0.2) is 0 Å². The number of nitrogens with zero attached hydrogens (tertiary/aromatic N) is 1. The maximum atomic E-state index is 11.9. The number of esters is 2. The van der Waals surface area contributed by atoms with Crippen molar-refractivity contribution in [3.8, 4) is 0 Å². The van der Waals surface area contributed by atoms with E-state index in [1.54, 1.807) is 34.6 Å². The van der Waals surface area contributed by atoms with E-state index < -0.39 is 11.4 Å². The highest BCUT2D eigenvalue weighted by Gasteiger charge is 2.36. The van der Waals surface area contributed by atoms with Crippen LogP contribution in [0.1, 0.15) is 48.1 Å². The molecule has 6 heteroatoms. The molecule has 0 fully saturated rings. The number of carbonyl (C=O) groups excluding carboxylic acids is 2. The molecule has 0 aliphatic carbocycles. The van der Waals surface area contributed by atoms with Crippen LogP contribution in [0, 0.1) is 6.92 Å². The molecule has 106 valence electrons. The molecule has 0 atom stereocenters. The van der Waals surface area contributed by atoms with Gasteiger partial charge in [-0.05, 0) is 34.6 Å². The van der Waals surface area contributed by atoms with Gasteiger partial charge >= 0.3 is 11.9 Å². The minimum atomic E-state index is -0.865. The Labute approximate surface area is 116 Å². The van der Waals surface area contributed by atoms with Crippen molar-refractivity contribution in [3.05, 3.63) is 15.6 Å². The molecule has 0 radical (unpaired) electrons. The van der Waals surface area contributed by atoms with Gasteiger partial charge in [0, 0.05) is 0 Å². The zero-order valence-corrected chi connectivity index (χ0v) is 12.7. The summed E-state index contributed by atoms with van der Waals surface area (Å²) in [5.74, 6) is -0.748.